The summed E-state index contributed by atoms with van der Waals surface area (Å²) in [7, 11) is 0. The Hall–Kier alpha value is -0.860. The van der Waals surface area contributed by atoms with Gasteiger partial charge in [-0.25, -0.2) is 0 Å². The second-order valence-electron chi connectivity index (χ2n) is 3.23. The average molecular weight is 185 g/mol. The Morgan fingerprint density at radius 2 is 1.85 bits per heavy atom. The molecule has 0 aromatic carbocycles. The first-order chi connectivity index (χ1) is 6.13. The van der Waals surface area contributed by atoms with Gasteiger partial charge in [0.1, 0.15) is 5.78 Å². The van der Waals surface area contributed by atoms with Crippen molar-refractivity contribution in [3.8, 4) is 0 Å². The number of amides is 1. The molecular weight excluding hydrogens is 166 g/mol. The summed E-state index contributed by atoms with van der Waals surface area (Å²) in [6.07, 6.45) is 2.21. The number of ketones is 1. The fraction of sp³-hybridized carbons (Fsp3) is 0.800. The fourth-order valence-corrected chi connectivity index (χ4v) is 1.01. The molecule has 0 aliphatic rings. The number of carbonyl (C=O) groups excluding carboxylic acids is 2. The Balaban J connectivity index is 3.87. The monoisotopic (exact) mass is 185 g/mol. The Labute approximate surface area is 79.9 Å². The number of hydrogen-bond donors (Lipinski definition) is 1. The largest absolute Gasteiger partial charge is 0.355 e. The molecule has 0 aliphatic heterocycles. The van der Waals surface area contributed by atoms with E-state index in [2.05, 4.69) is 5.32 Å². The zero-order chi connectivity index (χ0) is 10.3. The van der Waals surface area contributed by atoms with E-state index in [4.69, 9.17) is 0 Å². The van der Waals surface area contributed by atoms with E-state index in [9.17, 15) is 9.59 Å². The highest BCUT2D eigenvalue weighted by molar-refractivity contribution is 6.00. The first-order valence-electron chi connectivity index (χ1n) is 4.93. The molecule has 1 atom stereocenters. The summed E-state index contributed by atoms with van der Waals surface area (Å²) in [6, 6.07) is 0. The average Bonchev–Trinajstić information content (AvgIpc) is 2.13. The SMILES string of the molecule is CCCNC(=O)C(C)C(=O)CCC. The molecule has 0 saturated heterocycles. The zero-order valence-corrected chi connectivity index (χ0v) is 8.72. The molecule has 0 bridgehead atoms. The lowest BCUT2D eigenvalue weighted by Gasteiger charge is -2.09. The number of carbonyl (C=O) groups is 2. The Kier molecular flexibility index (Phi) is 6.20. The van der Waals surface area contributed by atoms with E-state index < -0.39 is 5.92 Å². The van der Waals surface area contributed by atoms with Gasteiger partial charge in [-0.3, -0.25) is 9.59 Å². The maximum atomic E-state index is 11.3. The van der Waals surface area contributed by atoms with E-state index in [1.165, 1.54) is 0 Å². The predicted octanol–water partition coefficient (Wildman–Crippen LogP) is 1.52. The van der Waals surface area contributed by atoms with Crippen molar-refractivity contribution in [1.82, 2.24) is 5.32 Å². The van der Waals surface area contributed by atoms with Crippen LogP contribution in [0.15, 0.2) is 0 Å². The van der Waals surface area contributed by atoms with Crippen LogP contribution >= 0.6 is 0 Å². The molecule has 1 amide bonds. The molecule has 0 aliphatic carbocycles. The Morgan fingerprint density at radius 3 is 2.31 bits per heavy atom. The van der Waals surface area contributed by atoms with Crippen LogP contribution in [0.25, 0.3) is 0 Å². The quantitative estimate of drug-likeness (QED) is 0.638. The van der Waals surface area contributed by atoms with E-state index in [1.54, 1.807) is 6.92 Å². The molecule has 3 heteroatoms. The number of nitrogens with one attached hydrogen (secondary N) is 1. The highest BCUT2D eigenvalue weighted by Crippen LogP contribution is 2.02. The summed E-state index contributed by atoms with van der Waals surface area (Å²) in [6.45, 7) is 6.25. The van der Waals surface area contributed by atoms with Crippen molar-refractivity contribution < 1.29 is 9.59 Å². The molecule has 0 radical (unpaired) electrons. The zero-order valence-electron chi connectivity index (χ0n) is 8.72. The van der Waals surface area contributed by atoms with E-state index >= 15 is 0 Å². The Morgan fingerprint density at radius 1 is 1.23 bits per heavy atom. The third-order valence-electron chi connectivity index (χ3n) is 1.92. The molecule has 1 N–H and O–H groups in total. The van der Waals surface area contributed by atoms with Gasteiger partial charge in [0.15, 0.2) is 0 Å². The van der Waals surface area contributed by atoms with E-state index in [-0.39, 0.29) is 11.7 Å². The summed E-state index contributed by atoms with van der Waals surface area (Å²) in [5.74, 6) is -0.581. The van der Waals surface area contributed by atoms with Crippen LogP contribution < -0.4 is 5.32 Å². The fourth-order valence-electron chi connectivity index (χ4n) is 1.01. The van der Waals surface area contributed by atoms with Crippen molar-refractivity contribution in [2.24, 2.45) is 5.92 Å². The van der Waals surface area contributed by atoms with E-state index in [1.807, 2.05) is 13.8 Å². The number of hydrogen-bond acceptors (Lipinski definition) is 2. The lowest BCUT2D eigenvalue weighted by atomic mass is 10.0. The smallest absolute Gasteiger partial charge is 0.230 e. The van der Waals surface area contributed by atoms with Crippen molar-refractivity contribution in [3.63, 3.8) is 0 Å². The third kappa shape index (κ3) is 4.65. The first-order valence-corrected chi connectivity index (χ1v) is 4.93. The third-order valence-corrected chi connectivity index (χ3v) is 1.92. The molecule has 76 valence electrons. The molecule has 0 saturated carbocycles. The summed E-state index contributed by atoms with van der Waals surface area (Å²) < 4.78 is 0. The van der Waals surface area contributed by atoms with Crippen molar-refractivity contribution in [3.05, 3.63) is 0 Å². The molecule has 0 aromatic rings. The van der Waals surface area contributed by atoms with Crippen LogP contribution in [0.4, 0.5) is 0 Å². The van der Waals surface area contributed by atoms with Gasteiger partial charge in [0.25, 0.3) is 0 Å². The van der Waals surface area contributed by atoms with Crippen LogP contribution in [-0.2, 0) is 9.59 Å². The lowest BCUT2D eigenvalue weighted by molar-refractivity contribution is -0.133. The summed E-state index contributed by atoms with van der Waals surface area (Å²) >= 11 is 0. The molecule has 0 spiro atoms. The molecule has 0 aromatic heterocycles. The minimum absolute atomic E-state index is 0.0381. The van der Waals surface area contributed by atoms with Gasteiger partial charge in [-0.1, -0.05) is 13.8 Å². The van der Waals surface area contributed by atoms with Gasteiger partial charge in [0.2, 0.25) is 5.91 Å². The minimum Gasteiger partial charge on any atom is -0.355 e. The second kappa shape index (κ2) is 6.63. The van der Waals surface area contributed by atoms with Crippen LogP contribution in [0.1, 0.15) is 40.0 Å². The highest BCUT2D eigenvalue weighted by Gasteiger charge is 2.19. The summed E-state index contributed by atoms with van der Waals surface area (Å²) in [5, 5.41) is 2.71. The molecule has 1 unspecified atom stereocenters. The lowest BCUT2D eigenvalue weighted by Crippen LogP contribution is -2.33. The van der Waals surface area contributed by atoms with Gasteiger partial charge in [-0.2, -0.15) is 0 Å². The number of Topliss-reactive ketones (excluding diaryl/α,β-unsaturated/α-hetero) is 1. The molecule has 0 heterocycles. The van der Waals surface area contributed by atoms with Gasteiger partial charge >= 0.3 is 0 Å². The predicted molar refractivity (Wildman–Crippen MR) is 52.4 cm³/mol. The van der Waals surface area contributed by atoms with Gasteiger partial charge in [0.05, 0.1) is 5.92 Å². The summed E-state index contributed by atoms with van der Waals surface area (Å²) in [4.78, 5) is 22.6. The summed E-state index contributed by atoms with van der Waals surface area (Å²) in [5.41, 5.74) is 0. The minimum atomic E-state index is -0.480. The second-order valence-corrected chi connectivity index (χ2v) is 3.23. The van der Waals surface area contributed by atoms with Crippen molar-refractivity contribution in [2.75, 3.05) is 6.54 Å². The van der Waals surface area contributed by atoms with Gasteiger partial charge in [-0.05, 0) is 19.8 Å². The Bertz CT molecular complexity index is 178. The molecular formula is C10H19NO2. The maximum absolute atomic E-state index is 11.3. The van der Waals surface area contributed by atoms with Gasteiger partial charge in [0, 0.05) is 13.0 Å². The van der Waals surface area contributed by atoms with Crippen molar-refractivity contribution in [1.29, 1.82) is 0 Å². The molecule has 0 rings (SSSR count). The van der Waals surface area contributed by atoms with E-state index in [0.29, 0.717) is 13.0 Å². The van der Waals surface area contributed by atoms with E-state index in [0.717, 1.165) is 12.8 Å². The highest BCUT2D eigenvalue weighted by atomic mass is 16.2. The van der Waals surface area contributed by atoms with Crippen molar-refractivity contribution >= 4 is 11.7 Å². The number of rotatable bonds is 6. The van der Waals surface area contributed by atoms with Crippen LogP contribution in [0.2, 0.25) is 0 Å². The van der Waals surface area contributed by atoms with Crippen molar-refractivity contribution in [2.45, 2.75) is 40.0 Å². The van der Waals surface area contributed by atoms with Crippen LogP contribution in [0, 0.1) is 5.92 Å². The topological polar surface area (TPSA) is 46.2 Å². The standard InChI is InChI=1S/C10H19NO2/c1-4-6-9(12)8(3)10(13)11-7-5-2/h8H,4-7H2,1-3H3,(H,11,13). The van der Waals surface area contributed by atoms with Gasteiger partial charge < -0.3 is 5.32 Å². The molecule has 0 fully saturated rings. The molecule has 13 heavy (non-hydrogen) atoms. The van der Waals surface area contributed by atoms with Crippen LogP contribution in [0.3, 0.4) is 0 Å². The van der Waals surface area contributed by atoms with Crippen LogP contribution in [0.5, 0.6) is 0 Å². The normalized spacial score (nSPS) is 12.2. The maximum Gasteiger partial charge on any atom is 0.230 e. The van der Waals surface area contributed by atoms with Crippen LogP contribution in [-0.4, -0.2) is 18.2 Å². The first kappa shape index (κ1) is 12.1. The molecule has 3 nitrogen and oxygen atoms in total. The van der Waals surface area contributed by atoms with Gasteiger partial charge in [-0.15, -0.1) is 0 Å².